The summed E-state index contributed by atoms with van der Waals surface area (Å²) in [4.78, 5) is 8.48. The average molecular weight is 225 g/mol. The summed E-state index contributed by atoms with van der Waals surface area (Å²) in [6, 6.07) is 5.96. The van der Waals surface area contributed by atoms with E-state index in [4.69, 9.17) is 0 Å². The Morgan fingerprint density at radius 3 is 2.59 bits per heavy atom. The summed E-state index contributed by atoms with van der Waals surface area (Å²) in [6.07, 6.45) is 9.35. The molecule has 0 bridgehead atoms. The average Bonchev–Trinajstić information content (AvgIpc) is 2.38. The van der Waals surface area contributed by atoms with E-state index < -0.39 is 0 Å². The van der Waals surface area contributed by atoms with Crippen LogP contribution >= 0.6 is 0 Å². The van der Waals surface area contributed by atoms with Crippen LogP contribution in [-0.4, -0.2) is 17.0 Å². The van der Waals surface area contributed by atoms with Crippen molar-refractivity contribution in [3.63, 3.8) is 0 Å². The zero-order chi connectivity index (χ0) is 12.1. The predicted octanol–water partition coefficient (Wildman–Crippen LogP) is 2.64. The molecule has 1 N–H and O–H groups in total. The fourth-order valence-electron chi connectivity index (χ4n) is 1.69. The Kier molecular flexibility index (Phi) is 3.50. The fourth-order valence-corrected chi connectivity index (χ4v) is 1.69. The zero-order valence-electron chi connectivity index (χ0n) is 10.0. The predicted molar refractivity (Wildman–Crippen MR) is 70.3 cm³/mol. The highest BCUT2D eigenvalue weighted by molar-refractivity contribution is 5.73. The molecule has 0 fully saturated rings. The normalized spacial score (nSPS) is 10.7. The summed E-state index contributed by atoms with van der Waals surface area (Å²) in [5.41, 5.74) is 4.41. The van der Waals surface area contributed by atoms with Crippen LogP contribution in [0, 0.1) is 6.92 Å². The van der Waals surface area contributed by atoms with Crippen LogP contribution in [0.3, 0.4) is 0 Å². The summed E-state index contributed by atoms with van der Waals surface area (Å²) in [5, 5.41) is 3.00. The van der Waals surface area contributed by atoms with E-state index in [0.29, 0.717) is 0 Å². The SMILES string of the molecule is CN/C=C\c1c(C)ccnc1-c1ccncc1. The van der Waals surface area contributed by atoms with Crippen molar-refractivity contribution in [3.05, 3.63) is 54.1 Å². The van der Waals surface area contributed by atoms with Crippen LogP contribution in [0.4, 0.5) is 0 Å². The first-order valence-electron chi connectivity index (χ1n) is 5.52. The second kappa shape index (κ2) is 5.25. The Morgan fingerprint density at radius 1 is 1.12 bits per heavy atom. The molecule has 86 valence electrons. The third kappa shape index (κ3) is 2.50. The molecule has 2 heterocycles. The van der Waals surface area contributed by atoms with Gasteiger partial charge in [-0.05, 0) is 43.0 Å². The first-order chi connectivity index (χ1) is 8.33. The van der Waals surface area contributed by atoms with Gasteiger partial charge in [-0.1, -0.05) is 0 Å². The fraction of sp³-hybridized carbons (Fsp3) is 0.143. The molecule has 0 saturated carbocycles. The van der Waals surface area contributed by atoms with Crippen LogP contribution in [-0.2, 0) is 0 Å². The Labute approximate surface area is 101 Å². The van der Waals surface area contributed by atoms with Gasteiger partial charge in [0.25, 0.3) is 0 Å². The maximum atomic E-state index is 4.46. The monoisotopic (exact) mass is 225 g/mol. The van der Waals surface area contributed by atoms with Crippen molar-refractivity contribution in [1.82, 2.24) is 15.3 Å². The van der Waals surface area contributed by atoms with Crippen LogP contribution in [0.25, 0.3) is 17.3 Å². The van der Waals surface area contributed by atoms with E-state index in [1.54, 1.807) is 12.4 Å². The lowest BCUT2D eigenvalue weighted by Gasteiger charge is -2.07. The maximum Gasteiger partial charge on any atom is 0.0778 e. The largest absolute Gasteiger partial charge is 0.394 e. The van der Waals surface area contributed by atoms with Crippen molar-refractivity contribution < 1.29 is 0 Å². The van der Waals surface area contributed by atoms with Crippen molar-refractivity contribution in [2.75, 3.05) is 7.05 Å². The topological polar surface area (TPSA) is 37.8 Å². The Bertz CT molecular complexity index is 518. The minimum atomic E-state index is 0.985. The molecule has 0 amide bonds. The smallest absolute Gasteiger partial charge is 0.0778 e. The second-order valence-electron chi connectivity index (χ2n) is 3.75. The Morgan fingerprint density at radius 2 is 1.88 bits per heavy atom. The van der Waals surface area contributed by atoms with Crippen LogP contribution in [0.2, 0.25) is 0 Å². The minimum absolute atomic E-state index is 0.985. The lowest BCUT2D eigenvalue weighted by molar-refractivity contribution is 1.11. The van der Waals surface area contributed by atoms with Gasteiger partial charge in [-0.2, -0.15) is 0 Å². The molecular formula is C14H15N3. The van der Waals surface area contributed by atoms with E-state index in [-0.39, 0.29) is 0 Å². The molecule has 3 nitrogen and oxygen atoms in total. The Balaban J connectivity index is 2.54. The van der Waals surface area contributed by atoms with Crippen LogP contribution in [0.1, 0.15) is 11.1 Å². The van der Waals surface area contributed by atoms with E-state index in [9.17, 15) is 0 Å². The summed E-state index contributed by atoms with van der Waals surface area (Å²) in [6.45, 7) is 2.09. The van der Waals surface area contributed by atoms with Gasteiger partial charge in [0.15, 0.2) is 0 Å². The highest BCUT2D eigenvalue weighted by atomic mass is 14.8. The molecule has 0 aliphatic rings. The third-order valence-electron chi connectivity index (χ3n) is 2.58. The number of hydrogen-bond donors (Lipinski definition) is 1. The van der Waals surface area contributed by atoms with Gasteiger partial charge in [0.05, 0.1) is 5.69 Å². The van der Waals surface area contributed by atoms with Gasteiger partial charge in [0, 0.05) is 36.8 Å². The van der Waals surface area contributed by atoms with E-state index >= 15 is 0 Å². The molecule has 2 rings (SSSR count). The van der Waals surface area contributed by atoms with E-state index in [1.807, 2.05) is 43.7 Å². The number of pyridine rings is 2. The molecule has 17 heavy (non-hydrogen) atoms. The van der Waals surface area contributed by atoms with E-state index in [0.717, 1.165) is 16.8 Å². The minimum Gasteiger partial charge on any atom is -0.394 e. The highest BCUT2D eigenvalue weighted by Crippen LogP contribution is 2.24. The van der Waals surface area contributed by atoms with Gasteiger partial charge in [0.2, 0.25) is 0 Å². The first kappa shape index (κ1) is 11.3. The lowest BCUT2D eigenvalue weighted by Crippen LogP contribution is -1.95. The van der Waals surface area contributed by atoms with Crippen molar-refractivity contribution in [1.29, 1.82) is 0 Å². The van der Waals surface area contributed by atoms with Crippen molar-refractivity contribution in [2.24, 2.45) is 0 Å². The molecule has 0 radical (unpaired) electrons. The summed E-state index contributed by atoms with van der Waals surface area (Å²) in [7, 11) is 1.88. The van der Waals surface area contributed by atoms with Gasteiger partial charge in [0.1, 0.15) is 0 Å². The summed E-state index contributed by atoms with van der Waals surface area (Å²) < 4.78 is 0. The van der Waals surface area contributed by atoms with Crippen LogP contribution < -0.4 is 5.32 Å². The number of aryl methyl sites for hydroxylation is 1. The van der Waals surface area contributed by atoms with Gasteiger partial charge >= 0.3 is 0 Å². The quantitative estimate of drug-likeness (QED) is 0.872. The molecule has 0 unspecified atom stereocenters. The molecule has 2 aromatic heterocycles. The second-order valence-corrected chi connectivity index (χ2v) is 3.75. The Hall–Kier alpha value is -2.16. The standard InChI is InChI=1S/C14H15N3/c1-11-3-10-17-14(13(11)6-7-15-2)12-4-8-16-9-5-12/h3-10,15H,1-2H3/b7-6-. The molecule has 0 saturated heterocycles. The van der Waals surface area contributed by atoms with Gasteiger partial charge < -0.3 is 5.32 Å². The van der Waals surface area contributed by atoms with E-state index in [2.05, 4.69) is 22.2 Å². The number of hydrogen-bond acceptors (Lipinski definition) is 3. The molecule has 0 aliphatic carbocycles. The van der Waals surface area contributed by atoms with Gasteiger partial charge in [-0.3, -0.25) is 9.97 Å². The first-order valence-corrected chi connectivity index (χ1v) is 5.52. The molecule has 0 spiro atoms. The molecule has 0 aromatic carbocycles. The van der Waals surface area contributed by atoms with Gasteiger partial charge in [-0.25, -0.2) is 0 Å². The van der Waals surface area contributed by atoms with Crippen molar-refractivity contribution >= 4 is 6.08 Å². The molecular weight excluding hydrogens is 210 g/mol. The molecule has 3 heteroatoms. The number of rotatable bonds is 3. The third-order valence-corrected chi connectivity index (χ3v) is 2.58. The number of nitrogens with zero attached hydrogens (tertiary/aromatic N) is 2. The van der Waals surface area contributed by atoms with Gasteiger partial charge in [-0.15, -0.1) is 0 Å². The molecule has 0 atom stereocenters. The highest BCUT2D eigenvalue weighted by Gasteiger charge is 2.06. The summed E-state index contributed by atoms with van der Waals surface area (Å²) >= 11 is 0. The van der Waals surface area contributed by atoms with Crippen LogP contribution in [0.5, 0.6) is 0 Å². The maximum absolute atomic E-state index is 4.46. The van der Waals surface area contributed by atoms with Crippen molar-refractivity contribution in [3.8, 4) is 11.3 Å². The number of aromatic nitrogens is 2. The lowest BCUT2D eigenvalue weighted by atomic mass is 10.0. The van der Waals surface area contributed by atoms with E-state index in [1.165, 1.54) is 5.56 Å². The zero-order valence-corrected chi connectivity index (χ0v) is 10.0. The van der Waals surface area contributed by atoms with Crippen molar-refractivity contribution in [2.45, 2.75) is 6.92 Å². The summed E-state index contributed by atoms with van der Waals surface area (Å²) in [5.74, 6) is 0. The molecule has 0 aliphatic heterocycles. The number of nitrogens with one attached hydrogen (secondary N) is 1. The van der Waals surface area contributed by atoms with Crippen LogP contribution in [0.15, 0.2) is 43.0 Å². The molecule has 2 aromatic rings.